The average Bonchev–Trinajstić information content (AvgIpc) is 1.79. The summed E-state index contributed by atoms with van der Waals surface area (Å²) in [5, 5.41) is 0. The smallest absolute Gasteiger partial charge is 0.822 e. The van der Waals surface area contributed by atoms with Gasteiger partial charge in [0.05, 0.1) is 0 Å². The van der Waals surface area contributed by atoms with E-state index in [0.29, 0.717) is 0 Å². The van der Waals surface area contributed by atoms with Crippen molar-refractivity contribution in [1.82, 2.24) is 0 Å². The van der Waals surface area contributed by atoms with Crippen LogP contribution in [-0.2, 0) is 157 Å². The van der Waals surface area contributed by atoms with Gasteiger partial charge in [0.25, 0.3) is 0 Å². The molecule has 0 rings (SSSR count). The quantitative estimate of drug-likeness (QED) is 0.160. The summed E-state index contributed by atoms with van der Waals surface area (Å²) in [7, 11) is -26.9. The first kappa shape index (κ1) is 70.6. The molecule has 0 heterocycles. The van der Waals surface area contributed by atoms with Crippen molar-refractivity contribution < 1.29 is 231 Å². The molecule has 20 nitrogen and oxygen atoms in total. The van der Waals surface area contributed by atoms with Crippen molar-refractivity contribution in [3.8, 4) is 0 Å². The first-order valence-corrected chi connectivity index (χ1v) is 11.0. The Balaban J connectivity index is -0.0000000171. The Bertz CT molecular complexity index is 393. The molecule has 0 amide bonds. The number of hydrogen-bond acceptors (Lipinski definition) is 20. The maximum atomic E-state index is 8.55. The molecule has 0 spiro atoms. The monoisotopic (exact) mass is 1300 g/mol. The molecule has 31 heteroatoms. The van der Waals surface area contributed by atoms with E-state index in [9.17, 15) is 0 Å². The van der Waals surface area contributed by atoms with E-state index >= 15 is 0 Å². The molecule has 0 N–H and O–H groups in total. The van der Waals surface area contributed by atoms with E-state index in [-0.39, 0.29) is 134 Å². The van der Waals surface area contributed by atoms with Crippen molar-refractivity contribution in [2.45, 2.75) is 0 Å². The first-order valence-electron chi connectivity index (χ1n) is 3.65. The van der Waals surface area contributed by atoms with Crippen molar-refractivity contribution in [2.24, 2.45) is 0 Å². The molecular formula is Nb3O20P5Ta3. The Labute approximate surface area is 266 Å². The molecule has 0 unspecified atom stereocenters. The number of rotatable bonds is 0. The second kappa shape index (κ2) is 33.0. The minimum atomic E-state index is -5.39. The maximum absolute atomic E-state index is 8.55. The van der Waals surface area contributed by atoms with E-state index in [2.05, 4.69) is 0 Å². The van der Waals surface area contributed by atoms with Crippen LogP contribution in [-0.4, -0.2) is 0 Å². The molecule has 0 aliphatic carbocycles. The van der Waals surface area contributed by atoms with Crippen molar-refractivity contribution >= 4 is 39.1 Å². The van der Waals surface area contributed by atoms with E-state index in [1.807, 2.05) is 0 Å². The summed E-state index contributed by atoms with van der Waals surface area (Å²) >= 11 is 0. The van der Waals surface area contributed by atoms with Crippen LogP contribution in [0, 0.1) is 0 Å². The molecule has 0 aromatic heterocycles. The Kier molecular flexibility index (Phi) is 75.2. The van der Waals surface area contributed by atoms with E-state index in [1.54, 1.807) is 0 Å². The van der Waals surface area contributed by atoms with Gasteiger partial charge in [0.2, 0.25) is 0 Å². The van der Waals surface area contributed by atoms with Crippen LogP contribution < -0.4 is 73.4 Å². The van der Waals surface area contributed by atoms with Gasteiger partial charge in [0, 0.05) is 67.1 Å². The average molecular weight is 1300 g/mol. The fourth-order valence-electron chi connectivity index (χ4n) is 0. The molecule has 0 aromatic carbocycles. The molecule has 0 bridgehead atoms. The molecule has 31 heavy (non-hydrogen) atoms. The number of hydrogen-bond donors (Lipinski definition) is 0. The first-order chi connectivity index (χ1) is 10.0. The van der Waals surface area contributed by atoms with E-state index < -0.39 is 39.1 Å². The summed E-state index contributed by atoms with van der Waals surface area (Å²) in [6.45, 7) is 0. The molecule has 0 atom stereocenters. The summed E-state index contributed by atoms with van der Waals surface area (Å²) in [5.74, 6) is 0. The van der Waals surface area contributed by atoms with Crippen LogP contribution in [0.25, 0.3) is 0 Å². The van der Waals surface area contributed by atoms with Crippen LogP contribution in [0.15, 0.2) is 0 Å². The van der Waals surface area contributed by atoms with Gasteiger partial charge in [-0.05, 0) is 0 Å². The Morgan fingerprint density at radius 1 is 0.258 bits per heavy atom. The molecule has 0 saturated heterocycles. The summed E-state index contributed by atoms with van der Waals surface area (Å²) in [6, 6.07) is 0. The normalized spacial score (nSPS) is 9.52. The second-order valence-corrected chi connectivity index (χ2v) is 6.71. The Morgan fingerprint density at radius 3 is 0.258 bits per heavy atom. The van der Waals surface area contributed by atoms with Gasteiger partial charge >= 0.3 is 67.1 Å². The van der Waals surface area contributed by atoms with Crippen LogP contribution in [0.4, 0.5) is 0 Å². The largest absolute Gasteiger partial charge is 5.00 e. The van der Waals surface area contributed by atoms with Crippen LogP contribution in [0.3, 0.4) is 0 Å². The molecule has 0 saturated carbocycles. The van der Waals surface area contributed by atoms with Gasteiger partial charge in [0.1, 0.15) is 0 Å². The van der Waals surface area contributed by atoms with Crippen LogP contribution >= 0.6 is 39.1 Å². The minimum absolute atomic E-state index is 0. The fourth-order valence-corrected chi connectivity index (χ4v) is 0. The zero-order valence-corrected chi connectivity index (χ0v) is 33.8. The summed E-state index contributed by atoms with van der Waals surface area (Å²) in [6.07, 6.45) is 0. The molecule has 0 fully saturated rings. The molecule has 175 valence electrons. The predicted octanol–water partition coefficient (Wildman–Crippen LogP) is -14.1. The predicted molar refractivity (Wildman–Crippen MR) is 38.0 cm³/mol. The second-order valence-electron chi connectivity index (χ2n) is 2.24. The van der Waals surface area contributed by atoms with Gasteiger partial charge in [-0.25, -0.2) is 0 Å². The third-order valence-electron chi connectivity index (χ3n) is 0. The molecule has 0 aliphatic rings. The van der Waals surface area contributed by atoms with Crippen molar-refractivity contribution in [2.75, 3.05) is 0 Å². The molecular weight excluding hydrogens is 1300 g/mol. The summed E-state index contributed by atoms with van der Waals surface area (Å²) in [4.78, 5) is 128. The van der Waals surface area contributed by atoms with Crippen LogP contribution in [0.1, 0.15) is 0 Å². The topological polar surface area (TPSA) is 431 Å². The van der Waals surface area contributed by atoms with Gasteiger partial charge in [-0.2, -0.15) is 39.1 Å². The van der Waals surface area contributed by atoms with Gasteiger partial charge in [-0.3, -0.25) is 0 Å². The minimum Gasteiger partial charge on any atom is -0.822 e. The van der Waals surface area contributed by atoms with Crippen molar-refractivity contribution in [3.05, 3.63) is 0 Å². The van der Waals surface area contributed by atoms with Gasteiger partial charge in [-0.15, -0.1) is 0 Å². The van der Waals surface area contributed by atoms with Gasteiger partial charge in [0.15, 0.2) is 0 Å². The van der Waals surface area contributed by atoms with Gasteiger partial charge in [-0.1, -0.05) is 0 Å². The molecule has 3 radical (unpaired) electrons. The zero-order chi connectivity index (χ0) is 22.5. The summed E-state index contributed by atoms with van der Waals surface area (Å²) in [5.41, 5.74) is 0. The third kappa shape index (κ3) is 1530. The van der Waals surface area contributed by atoms with Crippen LogP contribution in [0.2, 0.25) is 0 Å². The fraction of sp³-hybridized carbons (Fsp3) is 0. The van der Waals surface area contributed by atoms with Crippen molar-refractivity contribution in [1.29, 1.82) is 0 Å². The Hall–Kier alpha value is 4.99. The zero-order valence-electron chi connectivity index (χ0n) is 13.1. The van der Waals surface area contributed by atoms with E-state index in [4.69, 9.17) is 96.2 Å². The van der Waals surface area contributed by atoms with Crippen LogP contribution in [0.5, 0.6) is 0 Å². The van der Waals surface area contributed by atoms with E-state index in [0.717, 1.165) is 0 Å². The van der Waals surface area contributed by atoms with Gasteiger partial charge < -0.3 is 96.2 Å². The molecule has 0 aliphatic heterocycles. The SMILES string of the molecule is O=P([O-])([O-])[O-].O=P([O-])([O-])[O-].O=P([O-])([O-])[O-].O=P([O-])([O-])[O-].O=P([O-])([O-])[O-].[Nb].[Nb].[Nb].[Ta+5].[Ta+5].[Ta+5]. The maximum Gasteiger partial charge on any atom is 5.00 e. The third-order valence-corrected chi connectivity index (χ3v) is 0. The molecule has 0 aromatic rings. The summed E-state index contributed by atoms with van der Waals surface area (Å²) < 4.78 is 42.7. The number of phosphoric acid groups is 5. The van der Waals surface area contributed by atoms with Crippen molar-refractivity contribution in [3.63, 3.8) is 0 Å². The standard InChI is InChI=1S/3Nb.5H3O4P.3Ta/c;;;5*1-5(2,3)4;;;/h;;;5*(H3,1,2,3,4);;;/q;;;;;;;;3*+5/p-15. The van der Waals surface area contributed by atoms with E-state index in [1.165, 1.54) is 0 Å². The Morgan fingerprint density at radius 2 is 0.258 bits per heavy atom.